The largest absolute Gasteiger partial charge is 0.206 e. The molecule has 0 aliphatic rings. The molecule has 0 N–H and O–H groups in total. The summed E-state index contributed by atoms with van der Waals surface area (Å²) in [6, 6.07) is 19.6. The fourth-order valence-electron chi connectivity index (χ4n) is 2.87. The highest BCUT2D eigenvalue weighted by Gasteiger charge is 2.22. The molecule has 0 saturated carbocycles. The summed E-state index contributed by atoms with van der Waals surface area (Å²) in [5, 5.41) is 2.23. The molecule has 0 amide bonds. The maximum absolute atomic E-state index is 14.6. The Labute approximate surface area is 125 Å². The highest BCUT2D eigenvalue weighted by atomic mass is 19.1. The molecule has 1 heteroatoms. The maximum Gasteiger partial charge on any atom is 0.131 e. The Hall–Kier alpha value is -2.15. The smallest absolute Gasteiger partial charge is 0.131 e. The van der Waals surface area contributed by atoms with Gasteiger partial charge in [0.2, 0.25) is 0 Å². The molecule has 0 radical (unpaired) electrons. The zero-order valence-electron chi connectivity index (χ0n) is 12.7. The molecule has 0 aromatic heterocycles. The minimum Gasteiger partial charge on any atom is -0.206 e. The van der Waals surface area contributed by atoms with Crippen molar-refractivity contribution in [2.45, 2.75) is 26.2 Å². The highest BCUT2D eigenvalue weighted by Crippen LogP contribution is 2.38. The number of fused-ring (bicyclic) bond motifs is 1. The van der Waals surface area contributed by atoms with Crippen molar-refractivity contribution in [3.05, 3.63) is 72.0 Å². The van der Waals surface area contributed by atoms with Crippen LogP contribution >= 0.6 is 0 Å². The summed E-state index contributed by atoms with van der Waals surface area (Å²) in [5.74, 6) is -0.154. The van der Waals surface area contributed by atoms with Gasteiger partial charge in [-0.25, -0.2) is 4.39 Å². The lowest BCUT2D eigenvalue weighted by Crippen LogP contribution is -2.13. The Morgan fingerprint density at radius 1 is 0.762 bits per heavy atom. The Bertz CT molecular complexity index is 789. The molecule has 0 atom stereocenters. The first-order valence-electron chi connectivity index (χ1n) is 7.25. The summed E-state index contributed by atoms with van der Waals surface area (Å²) in [4.78, 5) is 0. The van der Waals surface area contributed by atoms with Crippen molar-refractivity contribution in [1.29, 1.82) is 0 Å². The van der Waals surface area contributed by atoms with E-state index >= 15 is 0 Å². The molecule has 21 heavy (non-hydrogen) atoms. The van der Waals surface area contributed by atoms with Crippen LogP contribution in [0.4, 0.5) is 4.39 Å². The molecule has 3 aromatic carbocycles. The number of benzene rings is 3. The van der Waals surface area contributed by atoms with Crippen LogP contribution in [0.2, 0.25) is 0 Å². The third-order valence-corrected chi connectivity index (χ3v) is 3.88. The van der Waals surface area contributed by atoms with Crippen molar-refractivity contribution in [2.24, 2.45) is 0 Å². The molecule has 0 aliphatic carbocycles. The fourth-order valence-corrected chi connectivity index (χ4v) is 2.87. The van der Waals surface area contributed by atoms with Crippen molar-refractivity contribution < 1.29 is 4.39 Å². The van der Waals surface area contributed by atoms with E-state index in [0.29, 0.717) is 0 Å². The lowest BCUT2D eigenvalue weighted by atomic mass is 9.81. The van der Waals surface area contributed by atoms with Gasteiger partial charge in [0, 0.05) is 5.56 Å². The van der Waals surface area contributed by atoms with E-state index in [9.17, 15) is 4.39 Å². The third-order valence-electron chi connectivity index (χ3n) is 3.88. The van der Waals surface area contributed by atoms with Crippen LogP contribution in [-0.4, -0.2) is 0 Å². The van der Waals surface area contributed by atoms with Crippen LogP contribution < -0.4 is 0 Å². The second kappa shape index (κ2) is 5.00. The topological polar surface area (TPSA) is 0 Å². The van der Waals surface area contributed by atoms with E-state index in [1.54, 1.807) is 12.1 Å². The Morgan fingerprint density at radius 2 is 1.43 bits per heavy atom. The molecule has 0 fully saturated rings. The molecular weight excluding hydrogens is 259 g/mol. The summed E-state index contributed by atoms with van der Waals surface area (Å²) in [6.07, 6.45) is 0. The van der Waals surface area contributed by atoms with Crippen LogP contribution in [0.15, 0.2) is 60.7 Å². The summed E-state index contributed by atoms with van der Waals surface area (Å²) in [5.41, 5.74) is 2.63. The van der Waals surface area contributed by atoms with Gasteiger partial charge in [-0.1, -0.05) is 75.4 Å². The predicted octanol–water partition coefficient (Wildman–Crippen LogP) is 5.94. The van der Waals surface area contributed by atoms with Crippen LogP contribution in [0.5, 0.6) is 0 Å². The molecular formula is C20H19F. The first kappa shape index (κ1) is 13.8. The van der Waals surface area contributed by atoms with E-state index in [1.165, 1.54) is 0 Å². The Balaban J connectivity index is 2.39. The highest BCUT2D eigenvalue weighted by molar-refractivity contribution is 5.97. The molecule has 0 nitrogen and oxygen atoms in total. The van der Waals surface area contributed by atoms with Crippen LogP contribution in [0.3, 0.4) is 0 Å². The van der Waals surface area contributed by atoms with E-state index in [-0.39, 0.29) is 11.2 Å². The maximum atomic E-state index is 14.6. The van der Waals surface area contributed by atoms with E-state index in [0.717, 1.165) is 27.5 Å². The van der Waals surface area contributed by atoms with Crippen LogP contribution in [0.25, 0.3) is 21.9 Å². The monoisotopic (exact) mass is 278 g/mol. The lowest BCUT2D eigenvalue weighted by Gasteiger charge is -2.24. The van der Waals surface area contributed by atoms with Crippen LogP contribution in [0, 0.1) is 5.82 Å². The quantitative estimate of drug-likeness (QED) is 0.516. The molecule has 0 unspecified atom stereocenters. The van der Waals surface area contributed by atoms with Gasteiger partial charge in [0.05, 0.1) is 0 Å². The van der Waals surface area contributed by atoms with Gasteiger partial charge in [0.15, 0.2) is 0 Å². The Morgan fingerprint density at radius 3 is 2.19 bits per heavy atom. The number of halogens is 1. The number of rotatable bonds is 1. The predicted molar refractivity (Wildman–Crippen MR) is 88.0 cm³/mol. The minimum atomic E-state index is -0.154. The Kier molecular flexibility index (Phi) is 3.29. The van der Waals surface area contributed by atoms with Gasteiger partial charge in [-0.15, -0.1) is 0 Å². The van der Waals surface area contributed by atoms with Gasteiger partial charge in [0.25, 0.3) is 0 Å². The molecule has 0 aliphatic heterocycles. The van der Waals surface area contributed by atoms with E-state index in [2.05, 4.69) is 39.0 Å². The SMILES string of the molecule is CC(C)(C)c1cccc(F)c1-c1cccc2ccccc12. The van der Waals surface area contributed by atoms with Gasteiger partial charge in [-0.05, 0) is 33.4 Å². The summed E-state index contributed by atoms with van der Waals surface area (Å²) >= 11 is 0. The van der Waals surface area contributed by atoms with Crippen LogP contribution in [-0.2, 0) is 5.41 Å². The molecule has 3 aromatic rings. The first-order valence-corrected chi connectivity index (χ1v) is 7.25. The second-order valence-electron chi connectivity index (χ2n) is 6.44. The van der Waals surface area contributed by atoms with Gasteiger partial charge in [0.1, 0.15) is 5.82 Å². The number of hydrogen-bond acceptors (Lipinski definition) is 0. The number of hydrogen-bond donors (Lipinski definition) is 0. The first-order chi connectivity index (χ1) is 9.98. The molecule has 0 bridgehead atoms. The summed E-state index contributed by atoms with van der Waals surface area (Å²) in [7, 11) is 0. The van der Waals surface area contributed by atoms with Crippen molar-refractivity contribution in [1.82, 2.24) is 0 Å². The standard InChI is InChI=1S/C20H19F/c1-20(2,3)17-12-7-13-18(21)19(17)16-11-6-9-14-8-4-5-10-15(14)16/h4-13H,1-3H3. The average molecular weight is 278 g/mol. The zero-order valence-corrected chi connectivity index (χ0v) is 12.7. The van der Waals surface area contributed by atoms with Gasteiger partial charge in [-0.3, -0.25) is 0 Å². The van der Waals surface area contributed by atoms with Crippen molar-refractivity contribution >= 4 is 10.8 Å². The average Bonchev–Trinajstić information content (AvgIpc) is 2.46. The summed E-state index contributed by atoms with van der Waals surface area (Å²) in [6.45, 7) is 6.36. The van der Waals surface area contributed by atoms with Crippen molar-refractivity contribution in [2.75, 3.05) is 0 Å². The van der Waals surface area contributed by atoms with E-state index in [4.69, 9.17) is 0 Å². The lowest BCUT2D eigenvalue weighted by molar-refractivity contribution is 0.576. The molecule has 0 spiro atoms. The van der Waals surface area contributed by atoms with E-state index < -0.39 is 0 Å². The molecule has 3 rings (SSSR count). The van der Waals surface area contributed by atoms with Crippen LogP contribution in [0.1, 0.15) is 26.3 Å². The summed E-state index contributed by atoms with van der Waals surface area (Å²) < 4.78 is 14.6. The third kappa shape index (κ3) is 2.44. The van der Waals surface area contributed by atoms with Crippen molar-refractivity contribution in [3.8, 4) is 11.1 Å². The van der Waals surface area contributed by atoms with Gasteiger partial charge >= 0.3 is 0 Å². The second-order valence-corrected chi connectivity index (χ2v) is 6.44. The fraction of sp³-hybridized carbons (Fsp3) is 0.200. The van der Waals surface area contributed by atoms with Crippen molar-refractivity contribution in [3.63, 3.8) is 0 Å². The zero-order chi connectivity index (χ0) is 15.0. The van der Waals surface area contributed by atoms with Gasteiger partial charge < -0.3 is 0 Å². The molecule has 0 saturated heterocycles. The molecule has 106 valence electrons. The molecule has 0 heterocycles. The van der Waals surface area contributed by atoms with E-state index in [1.807, 2.05) is 30.3 Å². The minimum absolute atomic E-state index is 0.103. The normalized spacial score (nSPS) is 11.8. The van der Waals surface area contributed by atoms with Gasteiger partial charge in [-0.2, -0.15) is 0 Å².